The molecule has 0 saturated carbocycles. The summed E-state index contributed by atoms with van der Waals surface area (Å²) < 4.78 is 17.4. The maximum Gasteiger partial charge on any atom is 0.266 e. The van der Waals surface area contributed by atoms with Crippen molar-refractivity contribution < 1.29 is 19.0 Å². The Labute approximate surface area is 162 Å². The number of thioether (sulfide) groups is 1. The fourth-order valence-electron chi connectivity index (χ4n) is 3.26. The first-order valence-corrected chi connectivity index (χ1v) is 9.75. The number of carbonyl (C=O) groups is 1. The van der Waals surface area contributed by atoms with Crippen LogP contribution < -0.4 is 9.47 Å². The number of thiocarbonyl (C=S) groups is 1. The number of para-hydroxylation sites is 1. The zero-order chi connectivity index (χ0) is 18.1. The van der Waals surface area contributed by atoms with Gasteiger partial charge in [0.15, 0.2) is 11.5 Å². The number of nitrogens with zero attached hydrogens (tertiary/aromatic N) is 1. The lowest BCUT2D eigenvalue weighted by Crippen LogP contribution is -2.35. The number of benzene rings is 1. The van der Waals surface area contributed by atoms with E-state index in [-0.39, 0.29) is 12.0 Å². The molecule has 0 N–H and O–H groups in total. The van der Waals surface area contributed by atoms with Crippen molar-refractivity contribution in [2.24, 2.45) is 0 Å². The summed E-state index contributed by atoms with van der Waals surface area (Å²) in [7, 11) is 1.62. The van der Waals surface area contributed by atoms with Gasteiger partial charge in [-0.1, -0.05) is 36.1 Å². The summed E-state index contributed by atoms with van der Waals surface area (Å²) >= 11 is 6.74. The number of methoxy groups -OCH3 is 1. The summed E-state index contributed by atoms with van der Waals surface area (Å²) in [4.78, 5) is 15.0. The molecule has 0 radical (unpaired) electrons. The summed E-state index contributed by atoms with van der Waals surface area (Å²) in [6, 6.07) is 5.75. The lowest BCUT2D eigenvalue weighted by atomic mass is 10.1. The lowest BCUT2D eigenvalue weighted by Gasteiger charge is -2.19. The van der Waals surface area contributed by atoms with Crippen molar-refractivity contribution in [2.45, 2.75) is 18.9 Å². The fraction of sp³-hybridized carbons (Fsp3) is 0.368. The molecule has 0 bridgehead atoms. The molecule has 3 aliphatic heterocycles. The zero-order valence-electron chi connectivity index (χ0n) is 14.4. The van der Waals surface area contributed by atoms with Crippen LogP contribution in [0.25, 0.3) is 6.08 Å². The third-order valence-corrected chi connectivity index (χ3v) is 5.93. The van der Waals surface area contributed by atoms with E-state index in [1.165, 1.54) is 11.8 Å². The second-order valence-electron chi connectivity index (χ2n) is 6.31. The first kappa shape index (κ1) is 17.6. The highest BCUT2D eigenvalue weighted by molar-refractivity contribution is 8.26. The Morgan fingerprint density at radius 1 is 1.46 bits per heavy atom. The molecule has 0 aromatic heterocycles. The van der Waals surface area contributed by atoms with Crippen molar-refractivity contribution in [1.29, 1.82) is 0 Å². The van der Waals surface area contributed by atoms with Crippen LogP contribution in [0.3, 0.4) is 0 Å². The molecule has 1 aromatic rings. The van der Waals surface area contributed by atoms with Crippen LogP contribution in [-0.4, -0.2) is 48.1 Å². The first-order chi connectivity index (χ1) is 12.7. The molecule has 1 atom stereocenters. The van der Waals surface area contributed by atoms with Gasteiger partial charge >= 0.3 is 0 Å². The van der Waals surface area contributed by atoms with Gasteiger partial charge in [0.1, 0.15) is 10.9 Å². The summed E-state index contributed by atoms with van der Waals surface area (Å²) in [6.07, 6.45) is 6.01. The number of hydrogen-bond acceptors (Lipinski definition) is 6. The minimum absolute atomic E-state index is 0.0483. The van der Waals surface area contributed by atoms with Gasteiger partial charge in [-0.05, 0) is 36.6 Å². The quantitative estimate of drug-likeness (QED) is 0.581. The fourth-order valence-corrected chi connectivity index (χ4v) is 4.55. The molecule has 136 valence electrons. The Balaban J connectivity index is 1.54. The van der Waals surface area contributed by atoms with E-state index < -0.39 is 0 Å². The first-order valence-electron chi connectivity index (χ1n) is 8.53. The van der Waals surface area contributed by atoms with Crippen molar-refractivity contribution >= 4 is 40.3 Å². The molecule has 5 nitrogen and oxygen atoms in total. The predicted octanol–water partition coefficient (Wildman–Crippen LogP) is 3.39. The topological polar surface area (TPSA) is 48.0 Å². The Hall–Kier alpha value is -1.83. The molecular formula is C19H19NO4S2. The number of rotatable bonds is 4. The van der Waals surface area contributed by atoms with E-state index in [1.807, 2.05) is 30.4 Å². The van der Waals surface area contributed by atoms with Crippen molar-refractivity contribution in [3.63, 3.8) is 0 Å². The van der Waals surface area contributed by atoms with E-state index in [4.69, 9.17) is 26.4 Å². The smallest absolute Gasteiger partial charge is 0.266 e. The molecule has 4 rings (SSSR count). The Kier molecular flexibility index (Phi) is 5.02. The van der Waals surface area contributed by atoms with Crippen molar-refractivity contribution in [2.75, 3.05) is 26.9 Å². The molecule has 26 heavy (non-hydrogen) atoms. The summed E-state index contributed by atoms with van der Waals surface area (Å²) in [5.74, 6) is 1.40. The maximum atomic E-state index is 12.7. The summed E-state index contributed by atoms with van der Waals surface area (Å²) in [5.41, 5.74) is 1.88. The Morgan fingerprint density at radius 2 is 2.35 bits per heavy atom. The minimum Gasteiger partial charge on any atom is -0.493 e. The van der Waals surface area contributed by atoms with Crippen LogP contribution in [0.2, 0.25) is 0 Å². The maximum absolute atomic E-state index is 12.7. The molecule has 0 spiro atoms. The lowest BCUT2D eigenvalue weighted by molar-refractivity contribution is -0.123. The minimum atomic E-state index is -0.0483. The third-order valence-electron chi connectivity index (χ3n) is 4.55. The van der Waals surface area contributed by atoms with Gasteiger partial charge in [-0.3, -0.25) is 9.69 Å². The number of hydrogen-bond donors (Lipinski definition) is 0. The number of amides is 1. The normalized spacial score (nSPS) is 23.9. The molecule has 0 aliphatic carbocycles. The average Bonchev–Trinajstić information content (AvgIpc) is 3.25. The molecule has 2 saturated heterocycles. The molecule has 3 heterocycles. The number of fused-ring (bicyclic) bond motifs is 1. The highest BCUT2D eigenvalue weighted by Crippen LogP contribution is 2.38. The van der Waals surface area contributed by atoms with Crippen molar-refractivity contribution in [1.82, 2.24) is 4.90 Å². The summed E-state index contributed by atoms with van der Waals surface area (Å²) in [6.45, 7) is 1.70. The van der Waals surface area contributed by atoms with Gasteiger partial charge in [0.25, 0.3) is 5.91 Å². The van der Waals surface area contributed by atoms with Gasteiger partial charge in [-0.25, -0.2) is 0 Å². The zero-order valence-corrected chi connectivity index (χ0v) is 16.0. The molecule has 1 amide bonds. The van der Waals surface area contributed by atoms with Crippen LogP contribution in [0.4, 0.5) is 0 Å². The average molecular weight is 389 g/mol. The van der Waals surface area contributed by atoms with E-state index in [2.05, 4.69) is 0 Å². The second-order valence-corrected chi connectivity index (χ2v) is 7.99. The van der Waals surface area contributed by atoms with E-state index in [0.29, 0.717) is 28.1 Å². The van der Waals surface area contributed by atoms with Crippen LogP contribution >= 0.6 is 24.0 Å². The van der Waals surface area contributed by atoms with Gasteiger partial charge in [0, 0.05) is 12.2 Å². The van der Waals surface area contributed by atoms with Crippen LogP contribution in [0.15, 0.2) is 34.8 Å². The van der Waals surface area contributed by atoms with Gasteiger partial charge < -0.3 is 14.2 Å². The van der Waals surface area contributed by atoms with E-state index in [0.717, 1.165) is 36.3 Å². The molecule has 7 heteroatoms. The van der Waals surface area contributed by atoms with Gasteiger partial charge in [0.05, 0.1) is 24.7 Å². The van der Waals surface area contributed by atoms with Crippen LogP contribution in [0, 0.1) is 0 Å². The number of ether oxygens (including phenoxy) is 3. The third kappa shape index (κ3) is 3.39. The van der Waals surface area contributed by atoms with E-state index >= 15 is 0 Å². The monoisotopic (exact) mass is 389 g/mol. The van der Waals surface area contributed by atoms with Crippen molar-refractivity contribution in [3.05, 3.63) is 40.3 Å². The van der Waals surface area contributed by atoms with E-state index in [9.17, 15) is 4.79 Å². The molecule has 1 aromatic carbocycles. The SMILES string of the molecule is COc1cccc2c1OCC(/C=C1\SC(=S)N(CC3CCCO3)C1=O)=C2. The Bertz CT molecular complexity index is 812. The van der Waals surface area contributed by atoms with Gasteiger partial charge in [-0.2, -0.15) is 0 Å². The van der Waals surface area contributed by atoms with Crippen LogP contribution in [-0.2, 0) is 9.53 Å². The molecular weight excluding hydrogens is 370 g/mol. The Morgan fingerprint density at radius 3 is 3.12 bits per heavy atom. The second kappa shape index (κ2) is 7.42. The predicted molar refractivity (Wildman–Crippen MR) is 105 cm³/mol. The standard InChI is InChI=1S/C19H19NO4S2/c1-22-15-6-2-4-13-8-12(11-24-17(13)15)9-16-18(21)20(19(25)26-16)10-14-5-3-7-23-14/h2,4,6,8-9,14H,3,5,7,10-11H2,1H3/b16-9-. The van der Waals surface area contributed by atoms with Crippen molar-refractivity contribution in [3.8, 4) is 11.5 Å². The van der Waals surface area contributed by atoms with E-state index in [1.54, 1.807) is 12.0 Å². The largest absolute Gasteiger partial charge is 0.493 e. The molecule has 2 fully saturated rings. The molecule has 1 unspecified atom stereocenters. The van der Waals surface area contributed by atoms with Gasteiger partial charge in [0.2, 0.25) is 0 Å². The summed E-state index contributed by atoms with van der Waals surface area (Å²) in [5, 5.41) is 0. The van der Waals surface area contributed by atoms with Gasteiger partial charge in [-0.15, -0.1) is 0 Å². The highest BCUT2D eigenvalue weighted by atomic mass is 32.2. The molecule has 3 aliphatic rings. The van der Waals surface area contributed by atoms with Crippen LogP contribution in [0.1, 0.15) is 18.4 Å². The van der Waals surface area contributed by atoms with Crippen LogP contribution in [0.5, 0.6) is 11.5 Å². The number of carbonyl (C=O) groups excluding carboxylic acids is 1. The highest BCUT2D eigenvalue weighted by Gasteiger charge is 2.34.